The standard InChI is InChI=1S/C31H34N4O4S/c1-3-4-18-34(2)40(38,39)25-16-17-27-26(21-25)28(30(36)33-27)29(22-10-6-5-7-11-22)32-24-14-12-23(13-15-24)31(37)35-19-8-9-20-35/h5-7,10-17,21,32H,3-4,8-9,18-20H2,1-2H3,(H,33,36)/b29-28-. The molecule has 208 valence electrons. The van der Waals surface area contributed by atoms with E-state index in [4.69, 9.17) is 0 Å². The minimum Gasteiger partial charge on any atom is -0.354 e. The zero-order valence-electron chi connectivity index (χ0n) is 22.8. The molecule has 2 aliphatic heterocycles. The molecule has 2 N–H and O–H groups in total. The molecule has 0 radical (unpaired) electrons. The number of sulfonamides is 1. The maximum absolute atomic E-state index is 13.3. The molecule has 40 heavy (non-hydrogen) atoms. The number of hydrogen-bond acceptors (Lipinski definition) is 5. The third-order valence-electron chi connectivity index (χ3n) is 7.38. The molecule has 2 aliphatic rings. The molecule has 0 saturated carbocycles. The Morgan fingerprint density at radius 3 is 2.35 bits per heavy atom. The number of unbranched alkanes of at least 4 members (excludes halogenated alkanes) is 1. The van der Waals surface area contributed by atoms with Crippen LogP contribution in [0.5, 0.6) is 0 Å². The molecule has 9 heteroatoms. The van der Waals surface area contributed by atoms with Crippen LogP contribution in [0.1, 0.15) is 54.1 Å². The molecule has 2 amide bonds. The van der Waals surface area contributed by atoms with Gasteiger partial charge in [0, 0.05) is 49.2 Å². The lowest BCUT2D eigenvalue weighted by molar-refractivity contribution is -0.110. The number of anilines is 2. The van der Waals surface area contributed by atoms with Gasteiger partial charge in [-0.1, -0.05) is 43.7 Å². The summed E-state index contributed by atoms with van der Waals surface area (Å²) in [5, 5.41) is 6.27. The van der Waals surface area contributed by atoms with Crippen molar-refractivity contribution >= 4 is 44.5 Å². The van der Waals surface area contributed by atoms with Crippen LogP contribution in [0.25, 0.3) is 11.3 Å². The molecule has 1 fully saturated rings. The SMILES string of the molecule is CCCCN(C)S(=O)(=O)c1ccc2c(c1)/C(=C(/Nc1ccc(C(=O)N3CCCC3)cc1)c1ccccc1)C(=O)N2. The summed E-state index contributed by atoms with van der Waals surface area (Å²) >= 11 is 0. The molecular formula is C31H34N4O4S. The number of nitrogens with one attached hydrogen (secondary N) is 2. The van der Waals surface area contributed by atoms with Crippen LogP contribution >= 0.6 is 0 Å². The fourth-order valence-corrected chi connectivity index (χ4v) is 6.30. The lowest BCUT2D eigenvalue weighted by atomic mass is 10.00. The number of hydrogen-bond donors (Lipinski definition) is 2. The van der Waals surface area contributed by atoms with E-state index in [1.165, 1.54) is 10.4 Å². The highest BCUT2D eigenvalue weighted by Gasteiger charge is 2.31. The van der Waals surface area contributed by atoms with E-state index in [-0.39, 0.29) is 16.7 Å². The van der Waals surface area contributed by atoms with Crippen LogP contribution in [-0.2, 0) is 14.8 Å². The second-order valence-electron chi connectivity index (χ2n) is 10.2. The van der Waals surface area contributed by atoms with E-state index < -0.39 is 10.0 Å². The van der Waals surface area contributed by atoms with Gasteiger partial charge in [0.25, 0.3) is 11.8 Å². The Morgan fingerprint density at radius 2 is 1.68 bits per heavy atom. The zero-order chi connectivity index (χ0) is 28.3. The van der Waals surface area contributed by atoms with Crippen molar-refractivity contribution in [1.29, 1.82) is 0 Å². The topological polar surface area (TPSA) is 98.8 Å². The summed E-state index contributed by atoms with van der Waals surface area (Å²) in [6.45, 7) is 4.00. The summed E-state index contributed by atoms with van der Waals surface area (Å²) < 4.78 is 27.9. The van der Waals surface area contributed by atoms with Crippen LogP contribution in [0, 0.1) is 0 Å². The Kier molecular flexibility index (Phi) is 8.04. The van der Waals surface area contributed by atoms with Crippen molar-refractivity contribution in [2.24, 2.45) is 0 Å². The van der Waals surface area contributed by atoms with Crippen LogP contribution in [0.2, 0.25) is 0 Å². The molecule has 0 spiro atoms. The first-order valence-electron chi connectivity index (χ1n) is 13.7. The van der Waals surface area contributed by atoms with Crippen molar-refractivity contribution in [3.8, 4) is 0 Å². The Balaban J connectivity index is 1.54. The Morgan fingerprint density at radius 1 is 0.975 bits per heavy atom. The predicted molar refractivity (Wildman–Crippen MR) is 158 cm³/mol. The smallest absolute Gasteiger partial charge is 0.258 e. The quantitative estimate of drug-likeness (QED) is 0.349. The fourth-order valence-electron chi connectivity index (χ4n) is 5.06. The average Bonchev–Trinajstić information content (AvgIpc) is 3.62. The van der Waals surface area contributed by atoms with E-state index in [0.29, 0.717) is 40.3 Å². The van der Waals surface area contributed by atoms with Gasteiger partial charge in [-0.15, -0.1) is 0 Å². The van der Waals surface area contributed by atoms with Gasteiger partial charge in [-0.05, 0) is 67.3 Å². The lowest BCUT2D eigenvalue weighted by Crippen LogP contribution is -2.28. The lowest BCUT2D eigenvalue weighted by Gasteiger charge is -2.18. The fraction of sp³-hybridized carbons (Fsp3) is 0.290. The van der Waals surface area contributed by atoms with Gasteiger partial charge >= 0.3 is 0 Å². The zero-order valence-corrected chi connectivity index (χ0v) is 23.6. The molecule has 3 aromatic carbocycles. The van der Waals surface area contributed by atoms with Crippen molar-refractivity contribution in [3.05, 3.63) is 89.5 Å². The average molecular weight is 559 g/mol. The normalized spacial score (nSPS) is 16.2. The van der Waals surface area contributed by atoms with Crippen molar-refractivity contribution in [2.45, 2.75) is 37.5 Å². The summed E-state index contributed by atoms with van der Waals surface area (Å²) in [7, 11) is -2.15. The monoisotopic (exact) mass is 558 g/mol. The van der Waals surface area contributed by atoms with E-state index in [9.17, 15) is 18.0 Å². The van der Waals surface area contributed by atoms with Gasteiger partial charge in [-0.25, -0.2) is 12.7 Å². The maximum Gasteiger partial charge on any atom is 0.258 e. The Labute approximate surface area is 235 Å². The highest BCUT2D eigenvalue weighted by molar-refractivity contribution is 7.89. The van der Waals surface area contributed by atoms with E-state index >= 15 is 0 Å². The molecule has 0 aromatic heterocycles. The molecule has 0 unspecified atom stereocenters. The Hall–Kier alpha value is -3.95. The summed E-state index contributed by atoms with van der Waals surface area (Å²) in [6, 6.07) is 21.4. The number of likely N-dealkylation sites (tertiary alicyclic amines) is 1. The van der Waals surface area contributed by atoms with E-state index in [1.54, 1.807) is 31.3 Å². The summed E-state index contributed by atoms with van der Waals surface area (Å²) in [4.78, 5) is 28.1. The van der Waals surface area contributed by atoms with Crippen LogP contribution in [0.4, 0.5) is 11.4 Å². The first kappa shape index (κ1) is 27.6. The Bertz CT molecular complexity index is 1540. The molecule has 2 heterocycles. The van der Waals surface area contributed by atoms with Crippen molar-refractivity contribution < 1.29 is 18.0 Å². The number of benzene rings is 3. The van der Waals surface area contributed by atoms with Gasteiger partial charge in [0.15, 0.2) is 0 Å². The molecule has 3 aromatic rings. The number of carbonyl (C=O) groups is 2. The second kappa shape index (κ2) is 11.7. The molecule has 0 atom stereocenters. The van der Waals surface area contributed by atoms with Crippen LogP contribution in [-0.4, -0.2) is 56.1 Å². The summed E-state index contributed by atoms with van der Waals surface area (Å²) in [6.07, 6.45) is 3.70. The van der Waals surface area contributed by atoms with E-state index in [2.05, 4.69) is 10.6 Å². The minimum absolute atomic E-state index is 0.0208. The number of rotatable bonds is 9. The van der Waals surface area contributed by atoms with Gasteiger partial charge in [0.05, 0.1) is 16.2 Å². The summed E-state index contributed by atoms with van der Waals surface area (Å²) in [5.74, 6) is -0.302. The van der Waals surface area contributed by atoms with Crippen molar-refractivity contribution in [2.75, 3.05) is 37.3 Å². The largest absolute Gasteiger partial charge is 0.354 e. The molecule has 0 aliphatic carbocycles. The molecule has 8 nitrogen and oxygen atoms in total. The predicted octanol–water partition coefficient (Wildman–Crippen LogP) is 5.28. The number of carbonyl (C=O) groups excluding carboxylic acids is 2. The van der Waals surface area contributed by atoms with Crippen LogP contribution in [0.15, 0.2) is 77.7 Å². The van der Waals surface area contributed by atoms with Gasteiger partial charge in [-0.3, -0.25) is 9.59 Å². The first-order valence-corrected chi connectivity index (χ1v) is 15.1. The first-order chi connectivity index (χ1) is 19.3. The van der Waals surface area contributed by atoms with Crippen molar-refractivity contribution in [3.63, 3.8) is 0 Å². The number of fused-ring (bicyclic) bond motifs is 1. The van der Waals surface area contributed by atoms with Gasteiger partial charge in [-0.2, -0.15) is 0 Å². The van der Waals surface area contributed by atoms with Gasteiger partial charge in [0.2, 0.25) is 10.0 Å². The highest BCUT2D eigenvalue weighted by atomic mass is 32.2. The second-order valence-corrected chi connectivity index (χ2v) is 12.2. The third-order valence-corrected chi connectivity index (χ3v) is 9.23. The van der Waals surface area contributed by atoms with Gasteiger partial charge < -0.3 is 15.5 Å². The number of amides is 2. The summed E-state index contributed by atoms with van der Waals surface area (Å²) in [5.41, 5.74) is 4.06. The van der Waals surface area contributed by atoms with Crippen LogP contribution < -0.4 is 10.6 Å². The molecule has 1 saturated heterocycles. The van der Waals surface area contributed by atoms with Crippen molar-refractivity contribution in [1.82, 2.24) is 9.21 Å². The minimum atomic E-state index is -3.73. The van der Waals surface area contributed by atoms with E-state index in [0.717, 1.165) is 44.3 Å². The maximum atomic E-state index is 13.3. The van der Waals surface area contributed by atoms with Gasteiger partial charge in [0.1, 0.15) is 0 Å². The molecule has 5 rings (SSSR count). The highest BCUT2D eigenvalue weighted by Crippen LogP contribution is 2.39. The molecular weight excluding hydrogens is 524 g/mol. The third kappa shape index (κ3) is 5.52. The van der Waals surface area contributed by atoms with E-state index in [1.807, 2.05) is 54.3 Å². The number of nitrogens with zero attached hydrogens (tertiary/aromatic N) is 2. The van der Waals surface area contributed by atoms with Crippen LogP contribution in [0.3, 0.4) is 0 Å². The molecule has 0 bridgehead atoms.